The van der Waals surface area contributed by atoms with Gasteiger partial charge in [0, 0.05) is 6.07 Å². The van der Waals surface area contributed by atoms with Crippen LogP contribution in [-0.4, -0.2) is 30.2 Å². The van der Waals surface area contributed by atoms with Gasteiger partial charge in [0.15, 0.2) is 17.3 Å². The van der Waals surface area contributed by atoms with Gasteiger partial charge in [0.05, 0.1) is 25.2 Å². The van der Waals surface area contributed by atoms with Gasteiger partial charge in [0.1, 0.15) is 11.3 Å². The molecule has 0 saturated heterocycles. The fourth-order valence-electron chi connectivity index (χ4n) is 2.90. The van der Waals surface area contributed by atoms with E-state index in [0.29, 0.717) is 16.5 Å². The predicted octanol–water partition coefficient (Wildman–Crippen LogP) is 3.43. The molecule has 1 heterocycles. The topological polar surface area (TPSA) is 106 Å². The van der Waals surface area contributed by atoms with Crippen LogP contribution >= 0.6 is 0 Å². The van der Waals surface area contributed by atoms with Gasteiger partial charge in [-0.2, -0.15) is 0 Å². The molecular formula is C21H18O7. The molecular weight excluding hydrogens is 364 g/mol. The third kappa shape index (κ3) is 3.42. The Morgan fingerprint density at radius 1 is 1.04 bits per heavy atom. The van der Waals surface area contributed by atoms with Crippen molar-refractivity contribution in [1.82, 2.24) is 0 Å². The number of hydrogen-bond acceptors (Lipinski definition) is 7. The van der Waals surface area contributed by atoms with Crippen LogP contribution in [0, 0.1) is 6.92 Å². The fraction of sp³-hybridized carbons (Fsp3) is 0.143. The Hall–Kier alpha value is -3.74. The van der Waals surface area contributed by atoms with E-state index in [0.717, 1.165) is 0 Å². The molecule has 0 unspecified atom stereocenters. The molecule has 0 spiro atoms. The molecule has 3 rings (SSSR count). The highest BCUT2D eigenvalue weighted by molar-refractivity contribution is 6.11. The molecule has 0 fully saturated rings. The van der Waals surface area contributed by atoms with Gasteiger partial charge in [-0.1, -0.05) is 6.08 Å². The van der Waals surface area contributed by atoms with Crippen molar-refractivity contribution in [3.8, 4) is 23.0 Å². The van der Waals surface area contributed by atoms with Gasteiger partial charge in [0.2, 0.25) is 5.75 Å². The van der Waals surface area contributed by atoms with Crippen LogP contribution in [0.3, 0.4) is 0 Å². The summed E-state index contributed by atoms with van der Waals surface area (Å²) < 4.78 is 15.2. The maximum Gasteiger partial charge on any atom is 0.336 e. The monoisotopic (exact) mass is 382 g/mol. The molecule has 0 radical (unpaired) electrons. The first-order chi connectivity index (χ1) is 13.3. The van der Waals surface area contributed by atoms with Gasteiger partial charge in [-0.15, -0.1) is 0 Å². The minimum absolute atomic E-state index is 0.0680. The Bertz CT molecular complexity index is 1130. The number of carbonyl (C=O) groups excluding carboxylic acids is 1. The number of hydrogen-bond donors (Lipinski definition) is 2. The zero-order valence-corrected chi connectivity index (χ0v) is 15.5. The van der Waals surface area contributed by atoms with E-state index in [4.69, 9.17) is 13.9 Å². The van der Waals surface area contributed by atoms with Gasteiger partial charge in [-0.25, -0.2) is 4.79 Å². The number of rotatable bonds is 5. The average Bonchev–Trinajstić information content (AvgIpc) is 2.66. The molecule has 0 aliphatic carbocycles. The van der Waals surface area contributed by atoms with Crippen LogP contribution in [0.25, 0.3) is 17.0 Å². The summed E-state index contributed by atoms with van der Waals surface area (Å²) in [5.74, 6) is -0.445. The number of aromatic hydroxyl groups is 2. The van der Waals surface area contributed by atoms with Crippen LogP contribution in [0.1, 0.15) is 21.5 Å². The molecule has 2 aromatic carbocycles. The average molecular weight is 382 g/mol. The van der Waals surface area contributed by atoms with Crippen molar-refractivity contribution < 1.29 is 28.9 Å². The van der Waals surface area contributed by atoms with Gasteiger partial charge in [-0.3, -0.25) is 4.79 Å². The van der Waals surface area contributed by atoms with E-state index >= 15 is 0 Å². The van der Waals surface area contributed by atoms with Crippen molar-refractivity contribution >= 4 is 22.8 Å². The first-order valence-electron chi connectivity index (χ1n) is 8.29. The van der Waals surface area contributed by atoms with E-state index in [-0.39, 0.29) is 34.1 Å². The predicted molar refractivity (Wildman–Crippen MR) is 103 cm³/mol. The summed E-state index contributed by atoms with van der Waals surface area (Å²) in [6.07, 6.45) is 2.79. The quantitative estimate of drug-likeness (QED) is 0.395. The first kappa shape index (κ1) is 19.0. The van der Waals surface area contributed by atoms with Crippen molar-refractivity contribution in [3.63, 3.8) is 0 Å². The molecule has 144 valence electrons. The molecule has 7 heteroatoms. The van der Waals surface area contributed by atoms with Crippen LogP contribution in [0.5, 0.6) is 23.0 Å². The Morgan fingerprint density at radius 3 is 2.29 bits per heavy atom. The highest BCUT2D eigenvalue weighted by Crippen LogP contribution is 2.37. The second kappa shape index (κ2) is 7.48. The summed E-state index contributed by atoms with van der Waals surface area (Å²) in [5, 5.41) is 20.8. The van der Waals surface area contributed by atoms with Crippen LogP contribution in [0.4, 0.5) is 0 Å². The minimum atomic E-state index is -0.529. The number of phenolic OH excluding ortho intramolecular Hbond substituents is 2. The SMILES string of the molecule is COc1cc(/C=C/C(=O)c2ccc3oc(=O)cc(C)c3c2O)cc(OC)c1O. The minimum Gasteiger partial charge on any atom is -0.506 e. The van der Waals surface area contributed by atoms with Crippen molar-refractivity contribution in [2.24, 2.45) is 0 Å². The second-order valence-electron chi connectivity index (χ2n) is 6.05. The van der Waals surface area contributed by atoms with Gasteiger partial charge < -0.3 is 24.1 Å². The van der Waals surface area contributed by atoms with Crippen LogP contribution in [0.2, 0.25) is 0 Å². The smallest absolute Gasteiger partial charge is 0.336 e. The van der Waals surface area contributed by atoms with E-state index < -0.39 is 11.4 Å². The third-order valence-electron chi connectivity index (χ3n) is 4.27. The number of aryl methyl sites for hydroxylation is 1. The van der Waals surface area contributed by atoms with Crippen molar-refractivity contribution in [3.05, 3.63) is 63.5 Å². The number of allylic oxidation sites excluding steroid dienone is 1. The van der Waals surface area contributed by atoms with E-state index in [1.807, 2.05) is 0 Å². The van der Waals surface area contributed by atoms with E-state index in [9.17, 15) is 19.8 Å². The molecule has 28 heavy (non-hydrogen) atoms. The number of carbonyl (C=O) groups is 1. The Kier molecular flexibility index (Phi) is 5.08. The third-order valence-corrected chi connectivity index (χ3v) is 4.27. The summed E-state index contributed by atoms with van der Waals surface area (Å²) in [7, 11) is 2.81. The number of ether oxygens (including phenoxy) is 2. The van der Waals surface area contributed by atoms with E-state index in [1.54, 1.807) is 19.1 Å². The summed E-state index contributed by atoms with van der Waals surface area (Å²) >= 11 is 0. The number of ketones is 1. The highest BCUT2D eigenvalue weighted by Gasteiger charge is 2.16. The fourth-order valence-corrected chi connectivity index (χ4v) is 2.90. The molecule has 2 N–H and O–H groups in total. The molecule has 0 atom stereocenters. The molecule has 0 aliphatic rings. The zero-order valence-electron chi connectivity index (χ0n) is 15.5. The molecule has 0 aliphatic heterocycles. The molecule has 1 aromatic heterocycles. The van der Waals surface area contributed by atoms with Crippen LogP contribution in [0.15, 0.2) is 45.6 Å². The van der Waals surface area contributed by atoms with Crippen molar-refractivity contribution in [2.45, 2.75) is 6.92 Å². The Balaban J connectivity index is 2.00. The lowest BCUT2D eigenvalue weighted by atomic mass is 10.0. The molecule has 0 saturated carbocycles. The Morgan fingerprint density at radius 2 is 1.68 bits per heavy atom. The number of phenols is 2. The molecule has 7 nitrogen and oxygen atoms in total. The summed E-state index contributed by atoms with van der Waals surface area (Å²) in [6, 6.07) is 7.20. The van der Waals surface area contributed by atoms with Crippen LogP contribution in [-0.2, 0) is 0 Å². The molecule has 0 amide bonds. The highest BCUT2D eigenvalue weighted by atomic mass is 16.5. The lowest BCUT2D eigenvalue weighted by molar-refractivity contribution is 0.104. The Labute approximate surface area is 160 Å². The maximum absolute atomic E-state index is 12.6. The van der Waals surface area contributed by atoms with E-state index in [1.165, 1.54) is 44.6 Å². The summed E-state index contributed by atoms with van der Waals surface area (Å²) in [4.78, 5) is 24.0. The lowest BCUT2D eigenvalue weighted by Gasteiger charge is -2.09. The zero-order chi connectivity index (χ0) is 20.4. The number of benzene rings is 2. The maximum atomic E-state index is 12.6. The van der Waals surface area contributed by atoms with Gasteiger partial charge in [-0.05, 0) is 48.4 Å². The van der Waals surface area contributed by atoms with Crippen LogP contribution < -0.4 is 15.1 Å². The summed E-state index contributed by atoms with van der Waals surface area (Å²) in [6.45, 7) is 1.65. The van der Waals surface area contributed by atoms with E-state index in [2.05, 4.69) is 0 Å². The molecule has 3 aromatic rings. The van der Waals surface area contributed by atoms with Gasteiger partial charge >= 0.3 is 5.63 Å². The number of fused-ring (bicyclic) bond motifs is 1. The van der Waals surface area contributed by atoms with Crippen molar-refractivity contribution in [2.75, 3.05) is 14.2 Å². The van der Waals surface area contributed by atoms with Crippen molar-refractivity contribution in [1.29, 1.82) is 0 Å². The molecule has 0 bridgehead atoms. The normalized spacial score (nSPS) is 11.1. The first-order valence-corrected chi connectivity index (χ1v) is 8.29. The lowest BCUT2D eigenvalue weighted by Crippen LogP contribution is -2.01. The number of methoxy groups -OCH3 is 2. The summed E-state index contributed by atoms with van der Waals surface area (Å²) in [5.41, 5.74) is 0.811. The largest absolute Gasteiger partial charge is 0.506 e. The van der Waals surface area contributed by atoms with Gasteiger partial charge in [0.25, 0.3) is 0 Å². The second-order valence-corrected chi connectivity index (χ2v) is 6.05. The standard InChI is InChI=1S/C21H18O7/c1-11-8-18(23)28-15-7-5-13(20(24)19(11)15)14(22)6-4-12-9-16(26-2)21(25)17(10-12)27-3/h4-10,24-25H,1-3H3/b6-4+.